The van der Waals surface area contributed by atoms with E-state index in [1.54, 1.807) is 11.8 Å². The summed E-state index contributed by atoms with van der Waals surface area (Å²) in [6.45, 7) is 0. The Balaban J connectivity index is 2.06. The Kier molecular flexibility index (Phi) is 2.77. The van der Waals surface area contributed by atoms with Gasteiger partial charge in [0.15, 0.2) is 5.16 Å². The van der Waals surface area contributed by atoms with Gasteiger partial charge in [-0.15, -0.1) is 10.2 Å². The molecule has 76 valence electrons. The van der Waals surface area contributed by atoms with Gasteiger partial charge in [0.25, 0.3) is 0 Å². The second-order valence-electron chi connectivity index (χ2n) is 3.42. The molecular weight excluding hydrogens is 196 g/mol. The number of hydrogen-bond acceptors (Lipinski definition) is 4. The van der Waals surface area contributed by atoms with Gasteiger partial charge in [0.2, 0.25) is 5.95 Å². The Morgan fingerprint density at radius 2 is 2.43 bits per heavy atom. The molecular formula is C9H14N4S. The van der Waals surface area contributed by atoms with Crippen LogP contribution >= 0.6 is 11.8 Å². The first-order valence-electron chi connectivity index (χ1n) is 4.75. The predicted molar refractivity (Wildman–Crippen MR) is 58.1 cm³/mol. The van der Waals surface area contributed by atoms with Crippen LogP contribution in [-0.2, 0) is 7.05 Å². The van der Waals surface area contributed by atoms with E-state index in [1.165, 1.54) is 19.3 Å². The minimum atomic E-state index is 0.479. The fraction of sp³-hybridized carbons (Fsp3) is 0.556. The molecule has 1 aromatic rings. The van der Waals surface area contributed by atoms with Gasteiger partial charge in [-0.2, -0.15) is 0 Å². The number of aromatic nitrogens is 3. The minimum absolute atomic E-state index is 0.479. The number of anilines is 1. The Labute approximate surface area is 87.6 Å². The molecule has 2 N–H and O–H groups in total. The fourth-order valence-electron chi connectivity index (χ4n) is 1.44. The normalized spacial score (nSPS) is 21.4. The molecule has 1 aromatic heterocycles. The molecule has 1 unspecified atom stereocenters. The summed E-state index contributed by atoms with van der Waals surface area (Å²) in [6, 6.07) is 0. The lowest BCUT2D eigenvalue weighted by molar-refractivity contribution is 0.731. The molecule has 0 aromatic carbocycles. The molecule has 0 saturated heterocycles. The summed E-state index contributed by atoms with van der Waals surface area (Å²) in [5, 5.41) is 9.29. The van der Waals surface area contributed by atoms with Crippen LogP contribution in [0.15, 0.2) is 17.3 Å². The molecule has 0 aliphatic heterocycles. The van der Waals surface area contributed by atoms with Gasteiger partial charge in [0, 0.05) is 12.3 Å². The van der Waals surface area contributed by atoms with Gasteiger partial charge in [-0.05, 0) is 19.3 Å². The summed E-state index contributed by atoms with van der Waals surface area (Å²) in [6.07, 6.45) is 8.17. The van der Waals surface area contributed by atoms with Crippen molar-refractivity contribution in [3.8, 4) is 0 Å². The Morgan fingerprint density at radius 1 is 1.57 bits per heavy atom. The first-order chi connectivity index (χ1) is 6.77. The highest BCUT2D eigenvalue weighted by Gasteiger charge is 2.14. The molecule has 14 heavy (non-hydrogen) atoms. The molecule has 0 amide bonds. The van der Waals surface area contributed by atoms with Crippen molar-refractivity contribution >= 4 is 17.7 Å². The maximum atomic E-state index is 5.60. The van der Waals surface area contributed by atoms with Crippen molar-refractivity contribution in [1.82, 2.24) is 14.8 Å². The standard InChI is InChI=1S/C9H14N4S/c1-13-8(10)11-12-9(13)14-7-5-3-2-4-6-7/h3,5,7H,2,4,6H2,1H3,(H2,10,11). The third-order valence-electron chi connectivity index (χ3n) is 2.34. The lowest BCUT2D eigenvalue weighted by atomic mass is 10.1. The topological polar surface area (TPSA) is 56.7 Å². The third-order valence-corrected chi connectivity index (χ3v) is 3.60. The minimum Gasteiger partial charge on any atom is -0.368 e. The predicted octanol–water partition coefficient (Wildman–Crippen LogP) is 1.60. The molecule has 0 fully saturated rings. The second-order valence-corrected chi connectivity index (χ2v) is 4.62. The molecule has 0 saturated carbocycles. The molecule has 1 heterocycles. The highest BCUT2D eigenvalue weighted by atomic mass is 32.2. The average Bonchev–Trinajstić information content (AvgIpc) is 2.52. The molecule has 5 heteroatoms. The van der Waals surface area contributed by atoms with Crippen molar-refractivity contribution in [2.24, 2.45) is 7.05 Å². The van der Waals surface area contributed by atoms with Crippen LogP contribution in [0.2, 0.25) is 0 Å². The van der Waals surface area contributed by atoms with Crippen molar-refractivity contribution in [1.29, 1.82) is 0 Å². The second kappa shape index (κ2) is 4.04. The molecule has 0 radical (unpaired) electrons. The van der Waals surface area contributed by atoms with Crippen LogP contribution in [-0.4, -0.2) is 20.0 Å². The summed E-state index contributed by atoms with van der Waals surface area (Å²) in [7, 11) is 1.89. The van der Waals surface area contributed by atoms with Crippen molar-refractivity contribution < 1.29 is 0 Å². The van der Waals surface area contributed by atoms with Gasteiger partial charge in [-0.1, -0.05) is 23.9 Å². The number of nitrogens with zero attached hydrogens (tertiary/aromatic N) is 3. The van der Waals surface area contributed by atoms with Crippen molar-refractivity contribution in [3.63, 3.8) is 0 Å². The van der Waals surface area contributed by atoms with Crippen molar-refractivity contribution in [2.75, 3.05) is 5.73 Å². The zero-order chi connectivity index (χ0) is 9.97. The van der Waals surface area contributed by atoms with E-state index in [4.69, 9.17) is 5.73 Å². The fourth-order valence-corrected chi connectivity index (χ4v) is 2.53. The Bertz CT molecular complexity index is 345. The van der Waals surface area contributed by atoms with E-state index in [1.807, 2.05) is 11.6 Å². The highest BCUT2D eigenvalue weighted by molar-refractivity contribution is 7.99. The molecule has 0 spiro atoms. The maximum absolute atomic E-state index is 5.60. The lowest BCUT2D eigenvalue weighted by Gasteiger charge is -2.14. The third kappa shape index (κ3) is 1.92. The first kappa shape index (κ1) is 9.58. The number of allylic oxidation sites excluding steroid dienone is 1. The van der Waals surface area contributed by atoms with E-state index in [2.05, 4.69) is 22.3 Å². The van der Waals surface area contributed by atoms with E-state index < -0.39 is 0 Å². The molecule has 1 atom stereocenters. The largest absolute Gasteiger partial charge is 0.368 e. The Morgan fingerprint density at radius 3 is 3.00 bits per heavy atom. The summed E-state index contributed by atoms with van der Waals surface area (Å²) in [5.41, 5.74) is 5.60. The zero-order valence-corrected chi connectivity index (χ0v) is 9.00. The lowest BCUT2D eigenvalue weighted by Crippen LogP contribution is -2.05. The number of rotatable bonds is 2. The van der Waals surface area contributed by atoms with Crippen molar-refractivity contribution in [3.05, 3.63) is 12.2 Å². The average molecular weight is 210 g/mol. The number of hydrogen-bond donors (Lipinski definition) is 1. The van der Waals surface area contributed by atoms with Crippen LogP contribution in [0.25, 0.3) is 0 Å². The van der Waals surface area contributed by atoms with Gasteiger partial charge in [-0.25, -0.2) is 0 Å². The SMILES string of the molecule is Cn1c(N)nnc1SC1C=CCCC1. The highest BCUT2D eigenvalue weighted by Crippen LogP contribution is 2.28. The van der Waals surface area contributed by atoms with Gasteiger partial charge < -0.3 is 5.73 Å². The van der Waals surface area contributed by atoms with Crippen LogP contribution < -0.4 is 5.73 Å². The number of nitrogen functional groups attached to an aromatic ring is 1. The quantitative estimate of drug-likeness (QED) is 0.753. The molecule has 1 aliphatic carbocycles. The summed E-state index contributed by atoms with van der Waals surface area (Å²) in [4.78, 5) is 0. The first-order valence-corrected chi connectivity index (χ1v) is 5.63. The van der Waals surface area contributed by atoms with Crippen LogP contribution in [0.5, 0.6) is 0 Å². The van der Waals surface area contributed by atoms with Crippen molar-refractivity contribution in [2.45, 2.75) is 29.7 Å². The van der Waals surface area contributed by atoms with Crippen LogP contribution in [0, 0.1) is 0 Å². The summed E-state index contributed by atoms with van der Waals surface area (Å²) >= 11 is 1.73. The van der Waals surface area contributed by atoms with E-state index in [0.717, 1.165) is 5.16 Å². The smallest absolute Gasteiger partial charge is 0.222 e. The molecule has 4 nitrogen and oxygen atoms in total. The molecule has 2 rings (SSSR count). The molecule has 0 bridgehead atoms. The van der Waals surface area contributed by atoms with Gasteiger partial charge in [0.1, 0.15) is 0 Å². The Hall–Kier alpha value is -0.970. The number of nitrogens with two attached hydrogens (primary N) is 1. The summed E-state index contributed by atoms with van der Waals surface area (Å²) in [5.74, 6) is 0.479. The molecule has 1 aliphatic rings. The van der Waals surface area contributed by atoms with Gasteiger partial charge in [-0.3, -0.25) is 4.57 Å². The van der Waals surface area contributed by atoms with E-state index >= 15 is 0 Å². The maximum Gasteiger partial charge on any atom is 0.222 e. The summed E-state index contributed by atoms with van der Waals surface area (Å²) < 4.78 is 1.83. The van der Waals surface area contributed by atoms with Crippen LogP contribution in [0.1, 0.15) is 19.3 Å². The van der Waals surface area contributed by atoms with E-state index in [-0.39, 0.29) is 0 Å². The monoisotopic (exact) mass is 210 g/mol. The van der Waals surface area contributed by atoms with Crippen LogP contribution in [0.4, 0.5) is 5.95 Å². The van der Waals surface area contributed by atoms with Crippen LogP contribution in [0.3, 0.4) is 0 Å². The number of thioether (sulfide) groups is 1. The van der Waals surface area contributed by atoms with Gasteiger partial charge >= 0.3 is 0 Å². The zero-order valence-electron chi connectivity index (χ0n) is 8.18. The van der Waals surface area contributed by atoms with Gasteiger partial charge in [0.05, 0.1) is 0 Å². The van der Waals surface area contributed by atoms with E-state index in [0.29, 0.717) is 11.2 Å². The van der Waals surface area contributed by atoms with E-state index in [9.17, 15) is 0 Å².